The van der Waals surface area contributed by atoms with Crippen LogP contribution in [0, 0.1) is 11.3 Å². The van der Waals surface area contributed by atoms with Crippen LogP contribution in [-0.4, -0.2) is 23.7 Å². The third kappa shape index (κ3) is 3.53. The van der Waals surface area contributed by atoms with Crippen molar-refractivity contribution < 1.29 is 13.9 Å². The van der Waals surface area contributed by atoms with Crippen LogP contribution in [0.4, 0.5) is 11.5 Å². The highest BCUT2D eigenvalue weighted by molar-refractivity contribution is 5.71. The Morgan fingerprint density at radius 1 is 1.28 bits per heavy atom. The third-order valence-electron chi connectivity index (χ3n) is 3.43. The lowest BCUT2D eigenvalue weighted by Crippen LogP contribution is -2.01. The molecule has 2 aromatic heterocycles. The molecule has 0 radical (unpaired) electrons. The fourth-order valence-electron chi connectivity index (χ4n) is 2.31. The molecule has 126 valence electrons. The SMILES string of the molecule is CCOc1nc(Nc2ccc(-c3cnco3)c(OC)c2)ccc1C#N. The maximum absolute atomic E-state index is 9.09. The summed E-state index contributed by atoms with van der Waals surface area (Å²) in [4.78, 5) is 8.25. The number of oxazole rings is 1. The lowest BCUT2D eigenvalue weighted by Gasteiger charge is -2.12. The standard InChI is InChI=1S/C18H16N4O3/c1-3-24-18-12(9-19)4-7-17(22-18)21-13-5-6-14(15(8-13)23-2)16-10-20-11-25-16/h4-8,10-11H,3H2,1-2H3,(H,21,22). The van der Waals surface area contributed by atoms with E-state index in [2.05, 4.69) is 21.4 Å². The molecule has 2 heterocycles. The van der Waals surface area contributed by atoms with Crippen molar-refractivity contribution in [2.24, 2.45) is 0 Å². The number of nitrogens with zero attached hydrogens (tertiary/aromatic N) is 3. The number of nitriles is 1. The van der Waals surface area contributed by atoms with Gasteiger partial charge < -0.3 is 19.2 Å². The molecule has 0 fully saturated rings. The Kier molecular flexibility index (Phi) is 4.81. The van der Waals surface area contributed by atoms with Crippen molar-refractivity contribution in [3.8, 4) is 29.0 Å². The normalized spacial score (nSPS) is 10.1. The number of pyridine rings is 1. The van der Waals surface area contributed by atoms with Gasteiger partial charge in [0.1, 0.15) is 23.2 Å². The number of aromatic nitrogens is 2. The molecular formula is C18H16N4O3. The number of rotatable bonds is 6. The second kappa shape index (κ2) is 7.36. The molecule has 3 aromatic rings. The molecule has 0 aliphatic rings. The number of benzene rings is 1. The number of methoxy groups -OCH3 is 1. The first-order valence-corrected chi connectivity index (χ1v) is 7.63. The first-order chi connectivity index (χ1) is 12.2. The molecule has 3 rings (SSSR count). The highest BCUT2D eigenvalue weighted by Crippen LogP contribution is 2.33. The van der Waals surface area contributed by atoms with Crippen molar-refractivity contribution in [3.63, 3.8) is 0 Å². The predicted octanol–water partition coefficient (Wildman–Crippen LogP) is 3.76. The van der Waals surface area contributed by atoms with Gasteiger partial charge in [0.25, 0.3) is 0 Å². The van der Waals surface area contributed by atoms with Crippen LogP contribution in [0.2, 0.25) is 0 Å². The minimum atomic E-state index is 0.306. The van der Waals surface area contributed by atoms with Gasteiger partial charge in [0.15, 0.2) is 12.2 Å². The molecule has 1 N–H and O–H groups in total. The molecule has 0 saturated carbocycles. The fourth-order valence-corrected chi connectivity index (χ4v) is 2.31. The van der Waals surface area contributed by atoms with Crippen LogP contribution in [0.15, 0.2) is 47.3 Å². The molecule has 0 unspecified atom stereocenters. The molecule has 1 aromatic carbocycles. The Morgan fingerprint density at radius 3 is 2.84 bits per heavy atom. The Balaban J connectivity index is 1.88. The average Bonchev–Trinajstić information content (AvgIpc) is 3.16. The third-order valence-corrected chi connectivity index (χ3v) is 3.43. The summed E-state index contributed by atoms with van der Waals surface area (Å²) in [6, 6.07) is 11.0. The zero-order valence-electron chi connectivity index (χ0n) is 13.8. The smallest absolute Gasteiger partial charge is 0.233 e. The van der Waals surface area contributed by atoms with Gasteiger partial charge in [0, 0.05) is 11.8 Å². The van der Waals surface area contributed by atoms with Gasteiger partial charge in [-0.15, -0.1) is 0 Å². The van der Waals surface area contributed by atoms with Gasteiger partial charge in [-0.05, 0) is 31.2 Å². The van der Waals surface area contributed by atoms with E-state index in [1.165, 1.54) is 6.39 Å². The van der Waals surface area contributed by atoms with E-state index in [0.29, 0.717) is 35.4 Å². The Labute approximate surface area is 144 Å². The second-order valence-corrected chi connectivity index (χ2v) is 5.00. The van der Waals surface area contributed by atoms with Gasteiger partial charge in [-0.1, -0.05) is 0 Å². The van der Waals surface area contributed by atoms with Crippen molar-refractivity contribution >= 4 is 11.5 Å². The fraction of sp³-hybridized carbons (Fsp3) is 0.167. The summed E-state index contributed by atoms with van der Waals surface area (Å²) in [5.41, 5.74) is 1.97. The topological polar surface area (TPSA) is 93.2 Å². The maximum Gasteiger partial charge on any atom is 0.233 e. The Morgan fingerprint density at radius 2 is 2.16 bits per heavy atom. The van der Waals surface area contributed by atoms with Crippen LogP contribution in [0.3, 0.4) is 0 Å². The number of ether oxygens (including phenoxy) is 2. The van der Waals surface area contributed by atoms with E-state index in [1.807, 2.05) is 25.1 Å². The van der Waals surface area contributed by atoms with Gasteiger partial charge in [0.2, 0.25) is 5.88 Å². The van der Waals surface area contributed by atoms with Gasteiger partial charge >= 0.3 is 0 Å². The van der Waals surface area contributed by atoms with Gasteiger partial charge in [0.05, 0.1) is 25.5 Å². The summed E-state index contributed by atoms with van der Waals surface area (Å²) in [7, 11) is 1.59. The monoisotopic (exact) mass is 336 g/mol. The second-order valence-electron chi connectivity index (χ2n) is 5.00. The quantitative estimate of drug-likeness (QED) is 0.732. The van der Waals surface area contributed by atoms with Crippen molar-refractivity contribution in [1.82, 2.24) is 9.97 Å². The summed E-state index contributed by atoms with van der Waals surface area (Å²) >= 11 is 0. The van der Waals surface area contributed by atoms with E-state index in [9.17, 15) is 0 Å². The van der Waals surface area contributed by atoms with E-state index in [1.54, 1.807) is 25.4 Å². The highest BCUT2D eigenvalue weighted by atomic mass is 16.5. The number of hydrogen-bond donors (Lipinski definition) is 1. The van der Waals surface area contributed by atoms with Crippen molar-refractivity contribution in [2.45, 2.75) is 6.92 Å². The van der Waals surface area contributed by atoms with Crippen molar-refractivity contribution in [1.29, 1.82) is 5.26 Å². The molecule has 0 atom stereocenters. The summed E-state index contributed by atoms with van der Waals surface area (Å²) in [6.45, 7) is 2.28. The predicted molar refractivity (Wildman–Crippen MR) is 91.9 cm³/mol. The van der Waals surface area contributed by atoms with E-state index in [4.69, 9.17) is 19.2 Å². The summed E-state index contributed by atoms with van der Waals surface area (Å²) in [5, 5.41) is 12.3. The van der Waals surface area contributed by atoms with E-state index >= 15 is 0 Å². The van der Waals surface area contributed by atoms with Crippen LogP contribution in [0.5, 0.6) is 11.6 Å². The lowest BCUT2D eigenvalue weighted by molar-refractivity contribution is 0.326. The number of nitrogens with one attached hydrogen (secondary N) is 1. The van der Waals surface area contributed by atoms with Crippen molar-refractivity contribution in [2.75, 3.05) is 19.0 Å². The largest absolute Gasteiger partial charge is 0.496 e. The Bertz CT molecular complexity index is 901. The summed E-state index contributed by atoms with van der Waals surface area (Å²) in [5.74, 6) is 2.14. The minimum Gasteiger partial charge on any atom is -0.496 e. The molecule has 0 amide bonds. The maximum atomic E-state index is 9.09. The van der Waals surface area contributed by atoms with Crippen LogP contribution in [0.1, 0.15) is 12.5 Å². The Hall–Kier alpha value is -3.53. The molecule has 7 nitrogen and oxygen atoms in total. The van der Waals surface area contributed by atoms with E-state index in [-0.39, 0.29) is 0 Å². The zero-order chi connectivity index (χ0) is 17.6. The molecule has 7 heteroatoms. The lowest BCUT2D eigenvalue weighted by atomic mass is 10.1. The summed E-state index contributed by atoms with van der Waals surface area (Å²) < 4.78 is 16.1. The minimum absolute atomic E-state index is 0.306. The first-order valence-electron chi connectivity index (χ1n) is 7.63. The molecule has 0 aliphatic carbocycles. The molecule has 0 saturated heterocycles. The molecule has 0 spiro atoms. The van der Waals surface area contributed by atoms with E-state index in [0.717, 1.165) is 11.3 Å². The summed E-state index contributed by atoms with van der Waals surface area (Å²) in [6.07, 6.45) is 3.00. The van der Waals surface area contributed by atoms with E-state index < -0.39 is 0 Å². The van der Waals surface area contributed by atoms with Gasteiger partial charge in [-0.3, -0.25) is 0 Å². The van der Waals surface area contributed by atoms with Crippen molar-refractivity contribution in [3.05, 3.63) is 48.5 Å². The van der Waals surface area contributed by atoms with Gasteiger partial charge in [-0.25, -0.2) is 4.98 Å². The average molecular weight is 336 g/mol. The molecule has 25 heavy (non-hydrogen) atoms. The number of hydrogen-bond acceptors (Lipinski definition) is 7. The molecule has 0 aliphatic heterocycles. The molecule has 0 bridgehead atoms. The first kappa shape index (κ1) is 16.3. The molecular weight excluding hydrogens is 320 g/mol. The van der Waals surface area contributed by atoms with Crippen LogP contribution < -0.4 is 14.8 Å². The van der Waals surface area contributed by atoms with Gasteiger partial charge in [-0.2, -0.15) is 10.2 Å². The highest BCUT2D eigenvalue weighted by Gasteiger charge is 2.11. The van der Waals surface area contributed by atoms with Crippen LogP contribution in [-0.2, 0) is 0 Å². The van der Waals surface area contributed by atoms with Crippen LogP contribution >= 0.6 is 0 Å². The van der Waals surface area contributed by atoms with Crippen LogP contribution in [0.25, 0.3) is 11.3 Å². The number of anilines is 2. The zero-order valence-corrected chi connectivity index (χ0v) is 13.8.